The number of carbonyl (C=O) groups is 1. The molecule has 0 amide bonds. The van der Waals surface area contributed by atoms with E-state index in [4.69, 9.17) is 22.4 Å². The molecule has 0 aliphatic heterocycles. The lowest BCUT2D eigenvalue weighted by Gasteiger charge is -2.10. The van der Waals surface area contributed by atoms with Crippen LogP contribution in [0.4, 0.5) is 0 Å². The fourth-order valence-corrected chi connectivity index (χ4v) is 2.26. The van der Waals surface area contributed by atoms with Crippen LogP contribution < -0.4 is 5.73 Å². The number of aliphatic carboxylic acids is 1. The molecule has 84 valence electrons. The lowest BCUT2D eigenvalue weighted by molar-refractivity contribution is -0.138. The van der Waals surface area contributed by atoms with Gasteiger partial charge < -0.3 is 10.8 Å². The Bertz CT molecular complexity index is 468. The summed E-state index contributed by atoms with van der Waals surface area (Å²) in [4.78, 5) is 10.7. The smallest absolute Gasteiger partial charge is 0.320 e. The van der Waals surface area contributed by atoms with E-state index in [0.717, 1.165) is 23.1 Å². The van der Waals surface area contributed by atoms with Crippen LogP contribution in [0.5, 0.6) is 0 Å². The molecule has 1 aliphatic carbocycles. The summed E-state index contributed by atoms with van der Waals surface area (Å²) >= 11 is 6.10. The first kappa shape index (κ1) is 11.2. The van der Waals surface area contributed by atoms with E-state index < -0.39 is 12.0 Å². The Labute approximate surface area is 98.5 Å². The van der Waals surface area contributed by atoms with Crippen molar-refractivity contribution in [1.29, 1.82) is 0 Å². The largest absolute Gasteiger partial charge is 0.480 e. The molecule has 0 fully saturated rings. The Balaban J connectivity index is 2.26. The van der Waals surface area contributed by atoms with Gasteiger partial charge in [-0.1, -0.05) is 29.8 Å². The molecule has 1 aromatic carbocycles. The maximum atomic E-state index is 10.7. The molecule has 4 heteroatoms. The van der Waals surface area contributed by atoms with Crippen LogP contribution in [-0.4, -0.2) is 17.1 Å². The first-order valence-corrected chi connectivity index (χ1v) is 5.42. The molecular weight excluding hydrogens is 226 g/mol. The van der Waals surface area contributed by atoms with Gasteiger partial charge in [-0.3, -0.25) is 4.79 Å². The molecule has 16 heavy (non-hydrogen) atoms. The van der Waals surface area contributed by atoms with Crippen molar-refractivity contribution in [2.45, 2.75) is 18.9 Å². The molecular formula is C12H12ClNO2. The molecule has 0 unspecified atom stereocenters. The van der Waals surface area contributed by atoms with Crippen molar-refractivity contribution in [3.8, 4) is 0 Å². The Morgan fingerprint density at radius 1 is 1.56 bits per heavy atom. The lowest BCUT2D eigenvalue weighted by Crippen LogP contribution is -2.30. The van der Waals surface area contributed by atoms with Gasteiger partial charge in [-0.2, -0.15) is 0 Å². The number of hydrogen-bond donors (Lipinski definition) is 2. The molecule has 1 atom stereocenters. The number of fused-ring (bicyclic) bond motifs is 1. The van der Waals surface area contributed by atoms with Gasteiger partial charge >= 0.3 is 5.97 Å². The maximum Gasteiger partial charge on any atom is 0.320 e. The number of hydrogen-bond acceptors (Lipinski definition) is 2. The predicted molar refractivity (Wildman–Crippen MR) is 63.4 cm³/mol. The zero-order valence-electron chi connectivity index (χ0n) is 8.61. The highest BCUT2D eigenvalue weighted by molar-refractivity contribution is 6.32. The van der Waals surface area contributed by atoms with Crippen LogP contribution in [0.1, 0.15) is 17.5 Å². The number of benzene rings is 1. The lowest BCUT2D eigenvalue weighted by atomic mass is 10.00. The second-order valence-electron chi connectivity index (χ2n) is 3.86. The van der Waals surface area contributed by atoms with Gasteiger partial charge in [-0.25, -0.2) is 0 Å². The van der Waals surface area contributed by atoms with E-state index in [9.17, 15) is 4.79 Å². The molecule has 3 nitrogen and oxygen atoms in total. The van der Waals surface area contributed by atoms with E-state index >= 15 is 0 Å². The van der Waals surface area contributed by atoms with Gasteiger partial charge in [-0.15, -0.1) is 0 Å². The van der Waals surface area contributed by atoms with Crippen LogP contribution in [0.15, 0.2) is 24.3 Å². The standard InChI is InChI=1S/C12H12ClNO2/c13-9-3-1-2-7-4-5-8(11(7)9)6-10(14)12(15)16/h1-3,5,10H,4,6,14H2,(H,15,16)/t10-/m0/s1. The Hall–Kier alpha value is -1.32. The maximum absolute atomic E-state index is 10.7. The molecule has 1 aromatic rings. The Morgan fingerprint density at radius 2 is 2.31 bits per heavy atom. The van der Waals surface area contributed by atoms with Gasteiger partial charge in [0.25, 0.3) is 0 Å². The summed E-state index contributed by atoms with van der Waals surface area (Å²) in [5, 5.41) is 9.44. The quantitative estimate of drug-likeness (QED) is 0.846. The van der Waals surface area contributed by atoms with E-state index in [2.05, 4.69) is 0 Å². The Kier molecular flexibility index (Phi) is 2.99. The molecule has 0 bridgehead atoms. The summed E-state index contributed by atoms with van der Waals surface area (Å²) < 4.78 is 0. The number of rotatable bonds is 3. The third kappa shape index (κ3) is 1.96. The van der Waals surface area contributed by atoms with E-state index in [1.807, 2.05) is 24.3 Å². The molecule has 2 rings (SSSR count). The van der Waals surface area contributed by atoms with Crippen molar-refractivity contribution < 1.29 is 9.90 Å². The number of carboxylic acids is 1. The highest BCUT2D eigenvalue weighted by Crippen LogP contribution is 2.35. The number of carboxylic acid groups (broad SMARTS) is 1. The summed E-state index contributed by atoms with van der Waals surface area (Å²) in [5.74, 6) is -0.985. The first-order chi connectivity index (χ1) is 7.59. The van der Waals surface area contributed by atoms with Crippen LogP contribution in [0, 0.1) is 0 Å². The SMILES string of the molecule is N[C@@H](CC1=CCc2cccc(Cl)c21)C(=O)O. The van der Waals surface area contributed by atoms with Crippen LogP contribution in [0.25, 0.3) is 5.57 Å². The fraction of sp³-hybridized carbons (Fsp3) is 0.250. The molecule has 3 N–H and O–H groups in total. The van der Waals surface area contributed by atoms with Gasteiger partial charge in [0.05, 0.1) is 0 Å². The second-order valence-corrected chi connectivity index (χ2v) is 4.26. The van der Waals surface area contributed by atoms with Gasteiger partial charge in [0.1, 0.15) is 6.04 Å². The van der Waals surface area contributed by atoms with Crippen LogP contribution in [-0.2, 0) is 11.2 Å². The van der Waals surface area contributed by atoms with E-state index in [1.165, 1.54) is 0 Å². The van der Waals surface area contributed by atoms with Crippen molar-refractivity contribution in [1.82, 2.24) is 0 Å². The van der Waals surface area contributed by atoms with Crippen molar-refractivity contribution in [3.05, 3.63) is 40.4 Å². The minimum Gasteiger partial charge on any atom is -0.480 e. The third-order valence-electron chi connectivity index (χ3n) is 2.75. The summed E-state index contributed by atoms with van der Waals surface area (Å²) in [7, 11) is 0. The predicted octanol–water partition coefficient (Wildman–Crippen LogP) is 2.08. The monoisotopic (exact) mass is 237 g/mol. The zero-order chi connectivity index (χ0) is 11.7. The Morgan fingerprint density at radius 3 is 3.00 bits per heavy atom. The zero-order valence-corrected chi connectivity index (χ0v) is 9.37. The van der Waals surface area contributed by atoms with E-state index in [1.54, 1.807) is 0 Å². The number of nitrogens with two attached hydrogens (primary N) is 1. The molecule has 1 aliphatic rings. The van der Waals surface area contributed by atoms with Gasteiger partial charge in [0.15, 0.2) is 0 Å². The number of allylic oxidation sites excluding steroid dienone is 1. The van der Waals surface area contributed by atoms with E-state index in [0.29, 0.717) is 11.4 Å². The molecule has 0 saturated carbocycles. The van der Waals surface area contributed by atoms with Crippen LogP contribution in [0.3, 0.4) is 0 Å². The van der Waals surface area contributed by atoms with Crippen LogP contribution in [0.2, 0.25) is 5.02 Å². The minimum absolute atomic E-state index is 0.325. The highest BCUT2D eigenvalue weighted by atomic mass is 35.5. The number of halogens is 1. The molecule has 0 aromatic heterocycles. The molecule has 0 spiro atoms. The third-order valence-corrected chi connectivity index (χ3v) is 3.06. The van der Waals surface area contributed by atoms with Crippen molar-refractivity contribution in [2.75, 3.05) is 0 Å². The normalized spacial score (nSPS) is 15.5. The fourth-order valence-electron chi connectivity index (χ4n) is 1.94. The van der Waals surface area contributed by atoms with Gasteiger partial charge in [0.2, 0.25) is 0 Å². The van der Waals surface area contributed by atoms with Crippen molar-refractivity contribution >= 4 is 23.1 Å². The molecule has 0 heterocycles. The molecule has 0 radical (unpaired) electrons. The van der Waals surface area contributed by atoms with Crippen molar-refractivity contribution in [2.24, 2.45) is 5.73 Å². The average Bonchev–Trinajstić information content (AvgIpc) is 2.63. The van der Waals surface area contributed by atoms with E-state index in [-0.39, 0.29) is 0 Å². The van der Waals surface area contributed by atoms with Gasteiger partial charge in [0, 0.05) is 5.02 Å². The second kappa shape index (κ2) is 4.28. The summed E-state index contributed by atoms with van der Waals surface area (Å²) in [6, 6.07) is 4.84. The summed E-state index contributed by atoms with van der Waals surface area (Å²) in [6.07, 6.45) is 3.13. The van der Waals surface area contributed by atoms with Crippen molar-refractivity contribution in [3.63, 3.8) is 0 Å². The summed E-state index contributed by atoms with van der Waals surface area (Å²) in [5.41, 5.74) is 8.56. The van der Waals surface area contributed by atoms with Gasteiger partial charge in [-0.05, 0) is 35.6 Å². The van der Waals surface area contributed by atoms with Crippen LogP contribution >= 0.6 is 11.6 Å². The first-order valence-electron chi connectivity index (χ1n) is 5.05. The highest BCUT2D eigenvalue weighted by Gasteiger charge is 2.21. The summed E-state index contributed by atoms with van der Waals surface area (Å²) in [6.45, 7) is 0. The minimum atomic E-state index is -0.985. The topological polar surface area (TPSA) is 63.3 Å². The molecule has 0 saturated heterocycles. The average molecular weight is 238 g/mol.